The number of aromatic nitrogens is 2. The fourth-order valence-electron chi connectivity index (χ4n) is 1.93. The maximum Gasteiger partial charge on any atom is 0.145 e. The van der Waals surface area contributed by atoms with E-state index in [1.807, 2.05) is 29.8 Å². The molecule has 1 aromatic carbocycles. The van der Waals surface area contributed by atoms with Crippen molar-refractivity contribution in [2.45, 2.75) is 27.3 Å². The van der Waals surface area contributed by atoms with Crippen LogP contribution in [0.15, 0.2) is 28.7 Å². The Morgan fingerprint density at radius 3 is 2.70 bits per heavy atom. The summed E-state index contributed by atoms with van der Waals surface area (Å²) >= 11 is 3.50. The normalized spacial score (nSPS) is 11.1. The number of nitrogens with zero attached hydrogens (tertiary/aromatic N) is 2. The van der Waals surface area contributed by atoms with Gasteiger partial charge in [-0.15, -0.1) is 0 Å². The van der Waals surface area contributed by atoms with Crippen LogP contribution in [0.2, 0.25) is 0 Å². The maximum absolute atomic E-state index is 5.88. The molecule has 0 saturated carbocycles. The molecule has 0 spiro atoms. The second kappa shape index (κ2) is 6.31. The second-order valence-electron chi connectivity index (χ2n) is 5.33. The van der Waals surface area contributed by atoms with Gasteiger partial charge in [-0.05, 0) is 31.0 Å². The first kappa shape index (κ1) is 14.9. The van der Waals surface area contributed by atoms with Crippen molar-refractivity contribution in [1.82, 2.24) is 9.78 Å². The van der Waals surface area contributed by atoms with Gasteiger partial charge in [0.1, 0.15) is 11.6 Å². The van der Waals surface area contributed by atoms with Crippen molar-refractivity contribution in [2.75, 3.05) is 12.3 Å². The summed E-state index contributed by atoms with van der Waals surface area (Å²) < 4.78 is 8.80. The molecule has 0 radical (unpaired) electrons. The SMILES string of the molecule is Cc1cc(N)nn1Cc1cc(Br)ccc1OCC(C)C. The first-order chi connectivity index (χ1) is 9.45. The summed E-state index contributed by atoms with van der Waals surface area (Å²) in [5.74, 6) is 1.94. The van der Waals surface area contributed by atoms with Crippen LogP contribution in [-0.4, -0.2) is 16.4 Å². The van der Waals surface area contributed by atoms with E-state index in [1.165, 1.54) is 0 Å². The summed E-state index contributed by atoms with van der Waals surface area (Å²) in [7, 11) is 0. The number of nitrogen functional groups attached to an aromatic ring is 1. The molecule has 0 atom stereocenters. The molecule has 0 amide bonds. The van der Waals surface area contributed by atoms with Gasteiger partial charge in [0.05, 0.1) is 13.2 Å². The Morgan fingerprint density at radius 2 is 2.10 bits per heavy atom. The van der Waals surface area contributed by atoms with E-state index in [0.29, 0.717) is 24.9 Å². The van der Waals surface area contributed by atoms with Crippen LogP contribution in [-0.2, 0) is 6.54 Å². The molecule has 1 heterocycles. The molecule has 0 aliphatic rings. The van der Waals surface area contributed by atoms with Crippen LogP contribution in [0.4, 0.5) is 5.82 Å². The van der Waals surface area contributed by atoms with Crippen molar-refractivity contribution >= 4 is 21.7 Å². The lowest BCUT2D eigenvalue weighted by molar-refractivity contribution is 0.268. The van der Waals surface area contributed by atoms with E-state index in [9.17, 15) is 0 Å². The van der Waals surface area contributed by atoms with Crippen LogP contribution in [0.5, 0.6) is 5.75 Å². The third kappa shape index (κ3) is 3.76. The van der Waals surface area contributed by atoms with Gasteiger partial charge in [0.25, 0.3) is 0 Å². The predicted molar refractivity (Wildman–Crippen MR) is 85.0 cm³/mol. The quantitative estimate of drug-likeness (QED) is 0.906. The zero-order valence-corrected chi connectivity index (χ0v) is 13.6. The van der Waals surface area contributed by atoms with E-state index in [2.05, 4.69) is 40.9 Å². The van der Waals surface area contributed by atoms with Crippen LogP contribution in [0.25, 0.3) is 0 Å². The van der Waals surface area contributed by atoms with E-state index in [1.54, 1.807) is 0 Å². The first-order valence-corrected chi connectivity index (χ1v) is 7.46. The second-order valence-corrected chi connectivity index (χ2v) is 6.24. The number of nitrogens with two attached hydrogens (primary N) is 1. The van der Waals surface area contributed by atoms with Crippen molar-refractivity contribution in [2.24, 2.45) is 5.92 Å². The molecule has 4 nitrogen and oxygen atoms in total. The average Bonchev–Trinajstić information content (AvgIpc) is 2.66. The largest absolute Gasteiger partial charge is 0.493 e. The number of aryl methyl sites for hydroxylation is 1. The Kier molecular flexibility index (Phi) is 4.70. The maximum atomic E-state index is 5.88. The minimum Gasteiger partial charge on any atom is -0.493 e. The van der Waals surface area contributed by atoms with E-state index < -0.39 is 0 Å². The molecule has 5 heteroatoms. The molecule has 20 heavy (non-hydrogen) atoms. The number of ether oxygens (including phenoxy) is 1. The lowest BCUT2D eigenvalue weighted by atomic mass is 10.2. The molecule has 108 valence electrons. The van der Waals surface area contributed by atoms with Crippen LogP contribution < -0.4 is 10.5 Å². The summed E-state index contributed by atoms with van der Waals surface area (Å²) in [5, 5.41) is 4.30. The lowest BCUT2D eigenvalue weighted by Gasteiger charge is -2.14. The van der Waals surface area contributed by atoms with Crippen molar-refractivity contribution in [1.29, 1.82) is 0 Å². The molecule has 0 aliphatic heterocycles. The summed E-state index contributed by atoms with van der Waals surface area (Å²) in [6.07, 6.45) is 0. The topological polar surface area (TPSA) is 53.1 Å². The van der Waals surface area contributed by atoms with Crippen LogP contribution in [0.3, 0.4) is 0 Å². The smallest absolute Gasteiger partial charge is 0.145 e. The molecule has 2 N–H and O–H groups in total. The Bertz CT molecular complexity index is 593. The molecule has 2 aromatic rings. The van der Waals surface area contributed by atoms with Gasteiger partial charge in [0.15, 0.2) is 0 Å². The summed E-state index contributed by atoms with van der Waals surface area (Å²) in [6.45, 7) is 7.62. The van der Waals surface area contributed by atoms with Crippen molar-refractivity contribution in [3.05, 3.63) is 40.0 Å². The van der Waals surface area contributed by atoms with Gasteiger partial charge in [0, 0.05) is 21.8 Å². The molecule has 0 saturated heterocycles. The Morgan fingerprint density at radius 1 is 1.35 bits per heavy atom. The number of halogens is 1. The van der Waals surface area contributed by atoms with Gasteiger partial charge in [-0.3, -0.25) is 4.68 Å². The zero-order valence-electron chi connectivity index (χ0n) is 12.1. The third-order valence-corrected chi connectivity index (χ3v) is 3.41. The third-order valence-electron chi connectivity index (χ3n) is 2.91. The van der Waals surface area contributed by atoms with Gasteiger partial charge in [-0.1, -0.05) is 29.8 Å². The highest BCUT2D eigenvalue weighted by Crippen LogP contribution is 2.25. The number of rotatable bonds is 5. The Labute approximate surface area is 128 Å². The van der Waals surface area contributed by atoms with Gasteiger partial charge < -0.3 is 10.5 Å². The first-order valence-electron chi connectivity index (χ1n) is 6.67. The molecular formula is C15H20BrN3O. The van der Waals surface area contributed by atoms with Crippen molar-refractivity contribution in [3.63, 3.8) is 0 Å². The van der Waals surface area contributed by atoms with Crippen molar-refractivity contribution in [3.8, 4) is 5.75 Å². The summed E-state index contributed by atoms with van der Waals surface area (Å²) in [6, 6.07) is 7.91. The Balaban J connectivity index is 2.25. The van der Waals surface area contributed by atoms with E-state index in [-0.39, 0.29) is 0 Å². The van der Waals surface area contributed by atoms with Crippen LogP contribution in [0.1, 0.15) is 25.1 Å². The molecule has 0 unspecified atom stereocenters. The monoisotopic (exact) mass is 337 g/mol. The molecule has 0 aliphatic carbocycles. The molecule has 0 fully saturated rings. The summed E-state index contributed by atoms with van der Waals surface area (Å²) in [4.78, 5) is 0. The van der Waals surface area contributed by atoms with Gasteiger partial charge in [-0.2, -0.15) is 5.10 Å². The van der Waals surface area contributed by atoms with Gasteiger partial charge >= 0.3 is 0 Å². The zero-order chi connectivity index (χ0) is 14.7. The van der Waals surface area contributed by atoms with Crippen LogP contribution in [0, 0.1) is 12.8 Å². The van der Waals surface area contributed by atoms with Gasteiger partial charge in [-0.25, -0.2) is 0 Å². The highest BCUT2D eigenvalue weighted by Gasteiger charge is 2.09. The molecule has 0 bridgehead atoms. The number of hydrogen-bond donors (Lipinski definition) is 1. The molecule has 1 aromatic heterocycles. The number of hydrogen-bond acceptors (Lipinski definition) is 3. The predicted octanol–water partition coefficient (Wildman–Crippen LogP) is 3.62. The fraction of sp³-hybridized carbons (Fsp3) is 0.400. The van der Waals surface area contributed by atoms with E-state index in [0.717, 1.165) is 21.5 Å². The minimum absolute atomic E-state index is 0.494. The Hall–Kier alpha value is -1.49. The van der Waals surface area contributed by atoms with Crippen LogP contribution >= 0.6 is 15.9 Å². The number of anilines is 1. The molecule has 2 rings (SSSR count). The highest BCUT2D eigenvalue weighted by atomic mass is 79.9. The average molecular weight is 338 g/mol. The highest BCUT2D eigenvalue weighted by molar-refractivity contribution is 9.10. The lowest BCUT2D eigenvalue weighted by Crippen LogP contribution is -2.09. The minimum atomic E-state index is 0.494. The fourth-order valence-corrected chi connectivity index (χ4v) is 2.33. The standard InChI is InChI=1S/C15H20BrN3O/c1-10(2)9-20-14-5-4-13(16)7-12(14)8-19-11(3)6-15(17)18-19/h4-7,10H,8-9H2,1-3H3,(H2,17,18). The van der Waals surface area contributed by atoms with E-state index in [4.69, 9.17) is 10.5 Å². The molecular weight excluding hydrogens is 318 g/mol. The summed E-state index contributed by atoms with van der Waals surface area (Å²) in [5.41, 5.74) is 7.86. The van der Waals surface area contributed by atoms with Crippen molar-refractivity contribution < 1.29 is 4.74 Å². The van der Waals surface area contributed by atoms with Gasteiger partial charge in [0.2, 0.25) is 0 Å². The number of benzene rings is 1. The van der Waals surface area contributed by atoms with E-state index >= 15 is 0 Å².